The van der Waals surface area contributed by atoms with Crippen LogP contribution in [0.1, 0.15) is 61.9 Å². The van der Waals surface area contributed by atoms with Crippen molar-refractivity contribution in [3.63, 3.8) is 0 Å². The molecule has 1 nitrogen and oxygen atoms in total. The van der Waals surface area contributed by atoms with Crippen LogP contribution in [0.25, 0.3) is 0 Å². The highest BCUT2D eigenvalue weighted by atomic mass is 14.4. The van der Waals surface area contributed by atoms with Crippen molar-refractivity contribution in [2.75, 3.05) is 0 Å². The van der Waals surface area contributed by atoms with Gasteiger partial charge in [-0.2, -0.15) is 5.26 Å². The van der Waals surface area contributed by atoms with Crippen LogP contribution in [0.15, 0.2) is 42.5 Å². The molecule has 2 aromatic rings. The van der Waals surface area contributed by atoms with E-state index >= 15 is 0 Å². The van der Waals surface area contributed by atoms with Crippen LogP contribution >= 0.6 is 0 Å². The van der Waals surface area contributed by atoms with E-state index in [9.17, 15) is 0 Å². The molecule has 0 atom stereocenters. The van der Waals surface area contributed by atoms with Crippen LogP contribution in [0, 0.1) is 23.2 Å². The molecule has 1 heteroatoms. The van der Waals surface area contributed by atoms with E-state index < -0.39 is 0 Å². The Kier molecular flexibility index (Phi) is 3.54. The first-order valence-electron chi connectivity index (χ1n) is 7.99. The maximum atomic E-state index is 8.83. The molecule has 1 aliphatic rings. The summed E-state index contributed by atoms with van der Waals surface area (Å²) in [6, 6.07) is 16.1. The normalized spacial score (nSPS) is 16.8. The van der Waals surface area contributed by atoms with Crippen LogP contribution in [0.3, 0.4) is 0 Å². The van der Waals surface area contributed by atoms with Gasteiger partial charge in [0.15, 0.2) is 0 Å². The molecule has 0 amide bonds. The Morgan fingerprint density at radius 2 is 1.26 bits per heavy atom. The third kappa shape index (κ3) is 2.88. The number of benzene rings is 2. The van der Waals surface area contributed by atoms with Gasteiger partial charge in [0.1, 0.15) is 0 Å². The van der Waals surface area contributed by atoms with Crippen molar-refractivity contribution in [1.29, 1.82) is 5.26 Å². The fourth-order valence-corrected chi connectivity index (χ4v) is 3.84. The standard InChI is InChI=1S/C22H21N/c1-21(2)15-22(3,4)20-13-17(11-12-19(20)21)8-5-16-6-9-18(14-23)10-7-16/h6-7,9-13H,15H2,1-4H3. The lowest BCUT2D eigenvalue weighted by Gasteiger charge is -2.22. The minimum atomic E-state index is 0.199. The molecule has 3 rings (SSSR count). The van der Waals surface area contributed by atoms with Gasteiger partial charge in [0.05, 0.1) is 11.6 Å². The topological polar surface area (TPSA) is 23.8 Å². The van der Waals surface area contributed by atoms with E-state index in [1.165, 1.54) is 17.5 Å². The number of hydrogen-bond acceptors (Lipinski definition) is 1. The molecular weight excluding hydrogens is 278 g/mol. The Bertz CT molecular complexity index is 850. The smallest absolute Gasteiger partial charge is 0.0991 e. The van der Waals surface area contributed by atoms with Crippen molar-refractivity contribution < 1.29 is 0 Å². The van der Waals surface area contributed by atoms with Crippen molar-refractivity contribution in [2.24, 2.45) is 0 Å². The fourth-order valence-electron chi connectivity index (χ4n) is 3.84. The first kappa shape index (κ1) is 15.4. The molecule has 0 saturated heterocycles. The summed E-state index contributed by atoms with van der Waals surface area (Å²) in [5, 5.41) is 8.83. The SMILES string of the molecule is CC1(C)CC(C)(C)c2cc(C#Cc3ccc(C#N)cc3)ccc21. The highest BCUT2D eigenvalue weighted by molar-refractivity contribution is 5.52. The summed E-state index contributed by atoms with van der Waals surface area (Å²) in [7, 11) is 0. The predicted molar refractivity (Wildman–Crippen MR) is 94.2 cm³/mol. The molecule has 23 heavy (non-hydrogen) atoms. The Hall–Kier alpha value is -2.51. The van der Waals surface area contributed by atoms with Crippen molar-refractivity contribution in [3.05, 3.63) is 70.3 Å². The zero-order chi connectivity index (χ0) is 16.7. The van der Waals surface area contributed by atoms with E-state index in [4.69, 9.17) is 5.26 Å². The van der Waals surface area contributed by atoms with Crippen LogP contribution in [-0.2, 0) is 10.8 Å². The van der Waals surface area contributed by atoms with Gasteiger partial charge in [0.25, 0.3) is 0 Å². The van der Waals surface area contributed by atoms with Crippen LogP contribution in [-0.4, -0.2) is 0 Å². The highest BCUT2D eigenvalue weighted by Crippen LogP contribution is 2.49. The molecule has 0 heterocycles. The van der Waals surface area contributed by atoms with Crippen LogP contribution in [0.5, 0.6) is 0 Å². The van der Waals surface area contributed by atoms with Gasteiger partial charge in [-0.3, -0.25) is 0 Å². The van der Waals surface area contributed by atoms with Gasteiger partial charge >= 0.3 is 0 Å². The zero-order valence-electron chi connectivity index (χ0n) is 14.2. The predicted octanol–water partition coefficient (Wildman–Crippen LogP) is 4.92. The Morgan fingerprint density at radius 3 is 1.91 bits per heavy atom. The third-order valence-corrected chi connectivity index (χ3v) is 4.73. The van der Waals surface area contributed by atoms with Crippen LogP contribution in [0.2, 0.25) is 0 Å². The van der Waals surface area contributed by atoms with E-state index in [0.29, 0.717) is 5.56 Å². The lowest BCUT2D eigenvalue weighted by molar-refractivity contribution is 0.403. The number of nitriles is 1. The Balaban J connectivity index is 1.95. The maximum absolute atomic E-state index is 8.83. The first-order valence-corrected chi connectivity index (χ1v) is 7.99. The van der Waals surface area contributed by atoms with Gasteiger partial charge in [-0.25, -0.2) is 0 Å². The van der Waals surface area contributed by atoms with Crippen molar-refractivity contribution in [2.45, 2.75) is 44.9 Å². The van der Waals surface area contributed by atoms with E-state index in [-0.39, 0.29) is 10.8 Å². The second kappa shape index (κ2) is 5.29. The number of nitrogens with zero attached hydrogens (tertiary/aromatic N) is 1. The number of fused-ring (bicyclic) bond motifs is 1. The molecule has 0 aliphatic heterocycles. The summed E-state index contributed by atoms with van der Waals surface area (Å²) in [4.78, 5) is 0. The lowest BCUT2D eigenvalue weighted by atomic mass is 9.82. The van der Waals surface area contributed by atoms with E-state index in [1.807, 2.05) is 12.1 Å². The number of rotatable bonds is 0. The first-order chi connectivity index (χ1) is 10.8. The third-order valence-electron chi connectivity index (χ3n) is 4.73. The van der Waals surface area contributed by atoms with Crippen molar-refractivity contribution in [1.82, 2.24) is 0 Å². The molecule has 0 saturated carbocycles. The molecular formula is C22H21N. The van der Waals surface area contributed by atoms with Gasteiger partial charge in [-0.15, -0.1) is 0 Å². The monoisotopic (exact) mass is 299 g/mol. The molecule has 2 aromatic carbocycles. The minimum absolute atomic E-state index is 0.199. The van der Waals surface area contributed by atoms with E-state index in [2.05, 4.69) is 63.8 Å². The molecule has 0 fully saturated rings. The summed E-state index contributed by atoms with van der Waals surface area (Å²) in [6.07, 6.45) is 1.17. The highest BCUT2D eigenvalue weighted by Gasteiger charge is 2.41. The van der Waals surface area contributed by atoms with Gasteiger partial charge in [0, 0.05) is 11.1 Å². The van der Waals surface area contributed by atoms with E-state index in [0.717, 1.165) is 11.1 Å². The summed E-state index contributed by atoms with van der Waals surface area (Å²) >= 11 is 0. The second-order valence-electron chi connectivity index (χ2n) is 7.64. The molecule has 0 N–H and O–H groups in total. The second-order valence-corrected chi connectivity index (χ2v) is 7.64. The van der Waals surface area contributed by atoms with Crippen LogP contribution in [0.4, 0.5) is 0 Å². The molecule has 114 valence electrons. The van der Waals surface area contributed by atoms with Crippen molar-refractivity contribution in [3.8, 4) is 17.9 Å². The average molecular weight is 299 g/mol. The fraction of sp³-hybridized carbons (Fsp3) is 0.318. The van der Waals surface area contributed by atoms with Gasteiger partial charge < -0.3 is 0 Å². The minimum Gasteiger partial charge on any atom is -0.192 e. The molecule has 0 bridgehead atoms. The Morgan fingerprint density at radius 1 is 0.739 bits per heavy atom. The molecule has 0 unspecified atom stereocenters. The van der Waals surface area contributed by atoms with Crippen molar-refractivity contribution >= 4 is 0 Å². The van der Waals surface area contributed by atoms with E-state index in [1.54, 1.807) is 12.1 Å². The number of hydrogen-bond donors (Lipinski definition) is 0. The van der Waals surface area contributed by atoms with Gasteiger partial charge in [0.2, 0.25) is 0 Å². The molecule has 1 aliphatic carbocycles. The Labute approximate surface area is 139 Å². The summed E-state index contributed by atoms with van der Waals surface area (Å²) in [6.45, 7) is 9.28. The molecule has 0 spiro atoms. The maximum Gasteiger partial charge on any atom is 0.0991 e. The quantitative estimate of drug-likeness (QED) is 0.634. The summed E-state index contributed by atoms with van der Waals surface area (Å²) in [5.41, 5.74) is 5.96. The molecule has 0 aromatic heterocycles. The average Bonchev–Trinajstić information content (AvgIpc) is 2.70. The molecule has 0 radical (unpaired) electrons. The zero-order valence-corrected chi connectivity index (χ0v) is 14.2. The van der Waals surface area contributed by atoms with Crippen LogP contribution < -0.4 is 0 Å². The van der Waals surface area contributed by atoms with Gasteiger partial charge in [-0.05, 0) is 64.8 Å². The summed E-state index contributed by atoms with van der Waals surface area (Å²) in [5.74, 6) is 6.45. The lowest BCUT2D eigenvalue weighted by Crippen LogP contribution is -2.17. The summed E-state index contributed by atoms with van der Waals surface area (Å²) < 4.78 is 0. The largest absolute Gasteiger partial charge is 0.192 e. The van der Waals surface area contributed by atoms with Gasteiger partial charge in [-0.1, -0.05) is 45.6 Å².